The Morgan fingerprint density at radius 2 is 2.13 bits per heavy atom. The number of nitrogens with zero attached hydrogens (tertiary/aromatic N) is 2. The Hall–Kier alpha value is -1.99. The van der Waals surface area contributed by atoms with Crippen molar-refractivity contribution in [3.8, 4) is 0 Å². The van der Waals surface area contributed by atoms with Gasteiger partial charge in [0.1, 0.15) is 6.10 Å². The number of likely N-dealkylation sites (N-methyl/N-ethyl adjacent to an activating group) is 1. The molecule has 1 aliphatic heterocycles. The highest BCUT2D eigenvalue weighted by atomic mass is 16.6. The maximum absolute atomic E-state index is 12.4. The fourth-order valence-corrected chi connectivity index (χ4v) is 2.46. The SMILES string of the molecule is CC(OCC1CCCCO1)C(=O)N(C)c1ccc([N+](=O)[O-])cc1. The monoisotopic (exact) mass is 322 g/mol. The summed E-state index contributed by atoms with van der Waals surface area (Å²) in [5.74, 6) is -0.199. The van der Waals surface area contributed by atoms with Crippen molar-refractivity contribution in [3.63, 3.8) is 0 Å². The van der Waals surface area contributed by atoms with Crippen LogP contribution in [-0.4, -0.2) is 43.3 Å². The van der Waals surface area contributed by atoms with E-state index in [0.717, 1.165) is 25.9 Å². The van der Waals surface area contributed by atoms with Crippen LogP contribution in [0.3, 0.4) is 0 Å². The number of carbonyl (C=O) groups is 1. The van der Waals surface area contributed by atoms with E-state index in [-0.39, 0.29) is 17.7 Å². The number of hydrogen-bond donors (Lipinski definition) is 0. The van der Waals surface area contributed by atoms with Gasteiger partial charge in [-0.25, -0.2) is 0 Å². The fourth-order valence-electron chi connectivity index (χ4n) is 2.46. The molecule has 1 aromatic rings. The fraction of sp³-hybridized carbons (Fsp3) is 0.562. The van der Waals surface area contributed by atoms with Crippen molar-refractivity contribution in [2.75, 3.05) is 25.2 Å². The van der Waals surface area contributed by atoms with Crippen LogP contribution in [0.1, 0.15) is 26.2 Å². The molecule has 1 saturated heterocycles. The predicted octanol–water partition coefficient (Wildman–Crippen LogP) is 2.53. The quantitative estimate of drug-likeness (QED) is 0.594. The van der Waals surface area contributed by atoms with E-state index < -0.39 is 11.0 Å². The maximum atomic E-state index is 12.4. The molecule has 0 saturated carbocycles. The Morgan fingerprint density at radius 3 is 2.70 bits per heavy atom. The minimum Gasteiger partial charge on any atom is -0.376 e. The van der Waals surface area contributed by atoms with E-state index in [1.54, 1.807) is 26.1 Å². The average Bonchev–Trinajstić information content (AvgIpc) is 2.59. The zero-order chi connectivity index (χ0) is 16.8. The summed E-state index contributed by atoms with van der Waals surface area (Å²) in [7, 11) is 1.63. The highest BCUT2D eigenvalue weighted by molar-refractivity contribution is 5.95. The molecule has 0 N–H and O–H groups in total. The van der Waals surface area contributed by atoms with E-state index in [1.165, 1.54) is 17.0 Å². The molecule has 1 aromatic carbocycles. The third-order valence-corrected chi connectivity index (χ3v) is 3.93. The molecule has 1 fully saturated rings. The Morgan fingerprint density at radius 1 is 1.43 bits per heavy atom. The summed E-state index contributed by atoms with van der Waals surface area (Å²) in [5.41, 5.74) is 0.582. The summed E-state index contributed by atoms with van der Waals surface area (Å²) in [4.78, 5) is 24.0. The van der Waals surface area contributed by atoms with Crippen LogP contribution < -0.4 is 4.90 Å². The van der Waals surface area contributed by atoms with Crippen LogP contribution >= 0.6 is 0 Å². The first-order valence-electron chi connectivity index (χ1n) is 7.74. The third kappa shape index (κ3) is 4.74. The van der Waals surface area contributed by atoms with Crippen LogP contribution in [0.2, 0.25) is 0 Å². The topological polar surface area (TPSA) is 81.9 Å². The molecule has 0 bridgehead atoms. The van der Waals surface area contributed by atoms with Crippen molar-refractivity contribution in [1.82, 2.24) is 0 Å². The maximum Gasteiger partial charge on any atom is 0.269 e. The second-order valence-electron chi connectivity index (χ2n) is 5.63. The Bertz CT molecular complexity index is 540. The van der Waals surface area contributed by atoms with Crippen LogP contribution in [-0.2, 0) is 14.3 Å². The molecule has 0 radical (unpaired) electrons. The van der Waals surface area contributed by atoms with E-state index in [1.807, 2.05) is 0 Å². The van der Waals surface area contributed by atoms with Crippen LogP contribution in [0, 0.1) is 10.1 Å². The second-order valence-corrected chi connectivity index (χ2v) is 5.63. The first kappa shape index (κ1) is 17.4. The molecular weight excluding hydrogens is 300 g/mol. The highest BCUT2D eigenvalue weighted by Crippen LogP contribution is 2.20. The van der Waals surface area contributed by atoms with Crippen LogP contribution in [0.4, 0.5) is 11.4 Å². The van der Waals surface area contributed by atoms with Gasteiger partial charge < -0.3 is 14.4 Å². The highest BCUT2D eigenvalue weighted by Gasteiger charge is 2.22. The molecule has 0 aromatic heterocycles. The minimum atomic E-state index is -0.597. The number of ether oxygens (including phenoxy) is 2. The smallest absolute Gasteiger partial charge is 0.269 e. The van der Waals surface area contributed by atoms with E-state index in [9.17, 15) is 14.9 Å². The molecule has 126 valence electrons. The zero-order valence-electron chi connectivity index (χ0n) is 13.4. The second kappa shape index (κ2) is 8.03. The van der Waals surface area contributed by atoms with Gasteiger partial charge in [-0.3, -0.25) is 14.9 Å². The van der Waals surface area contributed by atoms with E-state index in [4.69, 9.17) is 9.47 Å². The number of benzene rings is 1. The molecule has 0 aliphatic carbocycles. The van der Waals surface area contributed by atoms with Gasteiger partial charge in [0, 0.05) is 31.5 Å². The molecular formula is C16H22N2O5. The van der Waals surface area contributed by atoms with E-state index in [0.29, 0.717) is 12.3 Å². The van der Waals surface area contributed by atoms with Crippen molar-refractivity contribution >= 4 is 17.3 Å². The van der Waals surface area contributed by atoms with Gasteiger partial charge in [0.05, 0.1) is 17.6 Å². The van der Waals surface area contributed by atoms with Gasteiger partial charge in [-0.15, -0.1) is 0 Å². The normalized spacial score (nSPS) is 19.1. The molecule has 1 aliphatic rings. The Kier molecular flexibility index (Phi) is 6.06. The number of nitro benzene ring substituents is 1. The van der Waals surface area contributed by atoms with Crippen molar-refractivity contribution < 1.29 is 19.2 Å². The van der Waals surface area contributed by atoms with Gasteiger partial charge in [-0.1, -0.05) is 0 Å². The van der Waals surface area contributed by atoms with Gasteiger partial charge >= 0.3 is 0 Å². The summed E-state index contributed by atoms with van der Waals surface area (Å²) >= 11 is 0. The van der Waals surface area contributed by atoms with Gasteiger partial charge in [-0.2, -0.15) is 0 Å². The van der Waals surface area contributed by atoms with Gasteiger partial charge in [0.2, 0.25) is 0 Å². The van der Waals surface area contributed by atoms with Gasteiger partial charge in [0.15, 0.2) is 0 Å². The largest absolute Gasteiger partial charge is 0.376 e. The van der Waals surface area contributed by atoms with Crippen LogP contribution in [0.5, 0.6) is 0 Å². The summed E-state index contributed by atoms with van der Waals surface area (Å²) in [5, 5.41) is 10.7. The summed E-state index contributed by atoms with van der Waals surface area (Å²) in [6.07, 6.45) is 2.62. The Labute approximate surface area is 135 Å². The van der Waals surface area contributed by atoms with Crippen molar-refractivity contribution in [1.29, 1.82) is 0 Å². The lowest BCUT2D eigenvalue weighted by Gasteiger charge is -2.26. The first-order chi connectivity index (χ1) is 11.0. The van der Waals surface area contributed by atoms with Gasteiger partial charge in [0.25, 0.3) is 11.6 Å². The number of non-ortho nitro benzene ring substituents is 1. The zero-order valence-corrected chi connectivity index (χ0v) is 13.4. The number of amides is 1. The summed E-state index contributed by atoms with van der Waals surface area (Å²) in [6.45, 7) is 2.85. The number of rotatable bonds is 6. The molecule has 0 spiro atoms. The lowest BCUT2D eigenvalue weighted by atomic mass is 10.1. The molecule has 2 unspecified atom stereocenters. The minimum absolute atomic E-state index is 0.00616. The number of hydrogen-bond acceptors (Lipinski definition) is 5. The molecule has 7 heteroatoms. The predicted molar refractivity (Wildman–Crippen MR) is 85.5 cm³/mol. The number of carbonyl (C=O) groups excluding carboxylic acids is 1. The molecule has 2 rings (SSSR count). The summed E-state index contributed by atoms with van der Waals surface area (Å²) in [6, 6.07) is 5.85. The van der Waals surface area contributed by atoms with Gasteiger partial charge in [-0.05, 0) is 38.3 Å². The third-order valence-electron chi connectivity index (χ3n) is 3.93. The summed E-state index contributed by atoms with van der Waals surface area (Å²) < 4.78 is 11.2. The standard InChI is InChI=1S/C16H22N2O5/c1-12(23-11-15-5-3-4-10-22-15)16(19)17(2)13-6-8-14(9-7-13)18(20)21/h6-9,12,15H,3-5,10-11H2,1-2H3. The molecule has 7 nitrogen and oxygen atoms in total. The number of nitro groups is 1. The van der Waals surface area contributed by atoms with Crippen LogP contribution in [0.25, 0.3) is 0 Å². The lowest BCUT2D eigenvalue weighted by molar-refractivity contribution is -0.384. The number of anilines is 1. The van der Waals surface area contributed by atoms with E-state index >= 15 is 0 Å². The van der Waals surface area contributed by atoms with E-state index in [2.05, 4.69) is 0 Å². The molecule has 1 heterocycles. The van der Waals surface area contributed by atoms with Crippen molar-refractivity contribution in [2.45, 2.75) is 38.4 Å². The average molecular weight is 322 g/mol. The van der Waals surface area contributed by atoms with Crippen molar-refractivity contribution in [2.24, 2.45) is 0 Å². The molecule has 23 heavy (non-hydrogen) atoms. The molecule has 1 amide bonds. The van der Waals surface area contributed by atoms with Crippen LogP contribution in [0.15, 0.2) is 24.3 Å². The molecule has 2 atom stereocenters. The lowest BCUT2D eigenvalue weighted by Crippen LogP contribution is -2.38. The van der Waals surface area contributed by atoms with Crippen molar-refractivity contribution in [3.05, 3.63) is 34.4 Å². The Balaban J connectivity index is 1.88. The first-order valence-corrected chi connectivity index (χ1v) is 7.74.